The molecule has 1 aliphatic rings. The average Bonchev–Trinajstić information content (AvgIpc) is 2.98. The van der Waals surface area contributed by atoms with E-state index >= 15 is 0 Å². The summed E-state index contributed by atoms with van der Waals surface area (Å²) in [5.41, 5.74) is 1.52. The second-order valence-electron chi connectivity index (χ2n) is 6.12. The number of rotatable bonds is 3. The van der Waals surface area contributed by atoms with E-state index in [1.165, 1.54) is 4.90 Å². The first kappa shape index (κ1) is 13.7. The van der Waals surface area contributed by atoms with Crippen LogP contribution in [-0.4, -0.2) is 27.0 Å². The Morgan fingerprint density at radius 3 is 2.67 bits per heavy atom. The SMILES string of the molecule is CC(C)C1(C)CC(=O)N(Cc2ccc3nonc3c2)C1=O. The predicted octanol–water partition coefficient (Wildman–Crippen LogP) is 2.14. The zero-order valence-corrected chi connectivity index (χ0v) is 12.3. The van der Waals surface area contributed by atoms with Crippen molar-refractivity contribution < 1.29 is 14.2 Å². The minimum absolute atomic E-state index is 0.0964. The molecule has 0 saturated carbocycles. The molecule has 110 valence electrons. The Kier molecular flexibility index (Phi) is 3.04. The molecular formula is C15H17N3O3. The van der Waals surface area contributed by atoms with Crippen LogP contribution in [0, 0.1) is 11.3 Å². The van der Waals surface area contributed by atoms with Crippen LogP contribution < -0.4 is 0 Å². The molecule has 2 heterocycles. The predicted molar refractivity (Wildman–Crippen MR) is 74.9 cm³/mol. The molecule has 0 radical (unpaired) electrons. The first-order valence-corrected chi connectivity index (χ1v) is 6.98. The third kappa shape index (κ3) is 2.11. The molecule has 1 saturated heterocycles. The topological polar surface area (TPSA) is 76.3 Å². The number of carbonyl (C=O) groups excluding carboxylic acids is 2. The molecule has 6 nitrogen and oxygen atoms in total. The van der Waals surface area contributed by atoms with Gasteiger partial charge in [-0.3, -0.25) is 14.5 Å². The van der Waals surface area contributed by atoms with Crippen LogP contribution in [0.5, 0.6) is 0 Å². The van der Waals surface area contributed by atoms with Gasteiger partial charge in [0.1, 0.15) is 11.0 Å². The molecule has 1 aromatic carbocycles. The maximum atomic E-state index is 12.6. The Bertz CT molecular complexity index is 722. The Morgan fingerprint density at radius 1 is 1.29 bits per heavy atom. The molecule has 6 heteroatoms. The number of fused-ring (bicyclic) bond motifs is 1. The van der Waals surface area contributed by atoms with Crippen LogP contribution in [0.1, 0.15) is 32.8 Å². The first-order valence-electron chi connectivity index (χ1n) is 6.98. The number of aromatic nitrogens is 2. The molecule has 0 aliphatic carbocycles. The molecule has 21 heavy (non-hydrogen) atoms. The largest absolute Gasteiger partial charge is 0.278 e. The van der Waals surface area contributed by atoms with Gasteiger partial charge in [0.05, 0.1) is 12.0 Å². The number of imide groups is 1. The third-order valence-electron chi connectivity index (χ3n) is 4.49. The first-order chi connectivity index (χ1) is 9.91. The van der Waals surface area contributed by atoms with Crippen molar-refractivity contribution >= 4 is 22.8 Å². The van der Waals surface area contributed by atoms with Gasteiger partial charge in [0.2, 0.25) is 11.8 Å². The van der Waals surface area contributed by atoms with Crippen molar-refractivity contribution in [3.05, 3.63) is 23.8 Å². The van der Waals surface area contributed by atoms with E-state index < -0.39 is 5.41 Å². The number of nitrogens with zero attached hydrogens (tertiary/aromatic N) is 3. The van der Waals surface area contributed by atoms with E-state index in [0.29, 0.717) is 11.0 Å². The fourth-order valence-electron chi connectivity index (χ4n) is 2.63. The van der Waals surface area contributed by atoms with Gasteiger partial charge in [0, 0.05) is 6.42 Å². The zero-order valence-electron chi connectivity index (χ0n) is 12.3. The average molecular weight is 287 g/mol. The van der Waals surface area contributed by atoms with Gasteiger partial charge in [0.15, 0.2) is 0 Å². The lowest BCUT2D eigenvalue weighted by Crippen LogP contribution is -2.36. The van der Waals surface area contributed by atoms with E-state index in [0.717, 1.165) is 5.56 Å². The monoisotopic (exact) mass is 287 g/mol. The maximum Gasteiger partial charge on any atom is 0.236 e. The molecule has 0 spiro atoms. The Hall–Kier alpha value is -2.24. The Morgan fingerprint density at radius 2 is 2.00 bits per heavy atom. The van der Waals surface area contributed by atoms with Crippen LogP contribution in [0.15, 0.2) is 22.8 Å². The lowest BCUT2D eigenvalue weighted by atomic mass is 9.78. The van der Waals surface area contributed by atoms with Gasteiger partial charge in [-0.05, 0) is 40.9 Å². The van der Waals surface area contributed by atoms with Gasteiger partial charge in [-0.25, -0.2) is 4.63 Å². The van der Waals surface area contributed by atoms with Crippen molar-refractivity contribution in [1.29, 1.82) is 0 Å². The van der Waals surface area contributed by atoms with Crippen LogP contribution in [-0.2, 0) is 16.1 Å². The van der Waals surface area contributed by atoms with Gasteiger partial charge in [-0.1, -0.05) is 19.9 Å². The molecule has 1 aromatic heterocycles. The highest BCUT2D eigenvalue weighted by atomic mass is 16.6. The highest BCUT2D eigenvalue weighted by Crippen LogP contribution is 2.39. The Balaban J connectivity index is 1.87. The molecule has 1 aliphatic heterocycles. The quantitative estimate of drug-likeness (QED) is 0.808. The van der Waals surface area contributed by atoms with E-state index in [1.54, 1.807) is 12.1 Å². The summed E-state index contributed by atoms with van der Waals surface area (Å²) in [6.07, 6.45) is 0.275. The van der Waals surface area contributed by atoms with Crippen LogP contribution in [0.25, 0.3) is 11.0 Å². The normalized spacial score (nSPS) is 22.8. The van der Waals surface area contributed by atoms with Gasteiger partial charge in [0.25, 0.3) is 0 Å². The van der Waals surface area contributed by atoms with E-state index in [2.05, 4.69) is 14.9 Å². The summed E-state index contributed by atoms with van der Waals surface area (Å²) in [5.74, 6) is -0.0865. The van der Waals surface area contributed by atoms with Gasteiger partial charge >= 0.3 is 0 Å². The third-order valence-corrected chi connectivity index (χ3v) is 4.49. The van der Waals surface area contributed by atoms with E-state index in [1.807, 2.05) is 26.8 Å². The number of hydrogen-bond acceptors (Lipinski definition) is 5. The molecule has 1 unspecified atom stereocenters. The van der Waals surface area contributed by atoms with Crippen LogP contribution in [0.3, 0.4) is 0 Å². The fourth-order valence-corrected chi connectivity index (χ4v) is 2.63. The molecule has 1 atom stereocenters. The van der Waals surface area contributed by atoms with Gasteiger partial charge in [-0.2, -0.15) is 0 Å². The van der Waals surface area contributed by atoms with Crippen molar-refractivity contribution in [1.82, 2.24) is 15.2 Å². The van der Waals surface area contributed by atoms with Crippen LogP contribution in [0.2, 0.25) is 0 Å². The van der Waals surface area contributed by atoms with E-state index in [9.17, 15) is 9.59 Å². The summed E-state index contributed by atoms with van der Waals surface area (Å²) in [5, 5.41) is 7.51. The molecule has 0 N–H and O–H groups in total. The summed E-state index contributed by atoms with van der Waals surface area (Å²) < 4.78 is 4.65. The van der Waals surface area contributed by atoms with Crippen molar-refractivity contribution in [2.75, 3.05) is 0 Å². The lowest BCUT2D eigenvalue weighted by Gasteiger charge is -2.26. The lowest BCUT2D eigenvalue weighted by molar-refractivity contribution is -0.142. The van der Waals surface area contributed by atoms with Gasteiger partial charge in [-0.15, -0.1) is 0 Å². The molecule has 3 rings (SSSR count). The smallest absolute Gasteiger partial charge is 0.236 e. The summed E-state index contributed by atoms with van der Waals surface area (Å²) in [4.78, 5) is 26.1. The highest BCUT2D eigenvalue weighted by molar-refractivity contribution is 6.05. The molecule has 2 aromatic rings. The zero-order chi connectivity index (χ0) is 15.2. The van der Waals surface area contributed by atoms with Crippen molar-refractivity contribution in [3.63, 3.8) is 0 Å². The molecule has 1 fully saturated rings. The Labute approximate surface area is 122 Å². The van der Waals surface area contributed by atoms with Gasteiger partial charge < -0.3 is 0 Å². The fraction of sp³-hybridized carbons (Fsp3) is 0.467. The van der Waals surface area contributed by atoms with E-state index in [4.69, 9.17) is 0 Å². The molecule has 0 bridgehead atoms. The maximum absolute atomic E-state index is 12.6. The minimum atomic E-state index is -0.601. The van der Waals surface area contributed by atoms with Crippen molar-refractivity contribution in [3.8, 4) is 0 Å². The van der Waals surface area contributed by atoms with E-state index in [-0.39, 0.29) is 30.7 Å². The number of benzene rings is 1. The van der Waals surface area contributed by atoms with Crippen molar-refractivity contribution in [2.45, 2.75) is 33.7 Å². The van der Waals surface area contributed by atoms with Crippen LogP contribution in [0.4, 0.5) is 0 Å². The summed E-state index contributed by atoms with van der Waals surface area (Å²) in [6, 6.07) is 5.39. The van der Waals surface area contributed by atoms with Crippen LogP contribution >= 0.6 is 0 Å². The number of hydrogen-bond donors (Lipinski definition) is 0. The number of likely N-dealkylation sites (tertiary alicyclic amines) is 1. The number of carbonyl (C=O) groups is 2. The standard InChI is InChI=1S/C15H17N3O3/c1-9(2)15(3)7-13(19)18(14(15)20)8-10-4-5-11-12(6-10)17-21-16-11/h4-6,9H,7-8H2,1-3H3. The summed E-state index contributed by atoms with van der Waals surface area (Å²) >= 11 is 0. The second kappa shape index (κ2) is 4.65. The van der Waals surface area contributed by atoms with Crippen molar-refractivity contribution in [2.24, 2.45) is 11.3 Å². The molecule has 2 amide bonds. The highest BCUT2D eigenvalue weighted by Gasteiger charge is 2.49. The summed E-state index contributed by atoms with van der Waals surface area (Å²) in [6.45, 7) is 6.08. The second-order valence-corrected chi connectivity index (χ2v) is 6.12. The minimum Gasteiger partial charge on any atom is -0.278 e. The molecular weight excluding hydrogens is 270 g/mol. The number of amides is 2. The summed E-state index contributed by atoms with van der Waals surface area (Å²) in [7, 11) is 0.